The van der Waals surface area contributed by atoms with E-state index in [4.69, 9.17) is 4.74 Å². The van der Waals surface area contributed by atoms with Gasteiger partial charge in [-0.25, -0.2) is 0 Å². The van der Waals surface area contributed by atoms with Crippen LogP contribution >= 0.6 is 12.4 Å². The highest BCUT2D eigenvalue weighted by Crippen LogP contribution is 2.24. The van der Waals surface area contributed by atoms with Crippen LogP contribution < -0.4 is 5.32 Å². The summed E-state index contributed by atoms with van der Waals surface area (Å²) in [6.07, 6.45) is 4.21. The van der Waals surface area contributed by atoms with Crippen molar-refractivity contribution in [2.45, 2.75) is 52.3 Å². The summed E-state index contributed by atoms with van der Waals surface area (Å²) < 4.78 is 5.84. The van der Waals surface area contributed by atoms with Crippen LogP contribution in [-0.2, 0) is 4.74 Å². The SMILES string of the molecule is CC1CNC(CC2CCN(C(C)C)CC2)OC1.Cl. The van der Waals surface area contributed by atoms with Gasteiger partial charge >= 0.3 is 0 Å². The third-order valence-corrected chi connectivity index (χ3v) is 4.20. The molecule has 0 aromatic rings. The summed E-state index contributed by atoms with van der Waals surface area (Å²) in [4.78, 5) is 2.59. The van der Waals surface area contributed by atoms with Gasteiger partial charge in [0.05, 0.1) is 6.61 Å². The van der Waals surface area contributed by atoms with Gasteiger partial charge in [-0.05, 0) is 58.0 Å². The number of rotatable bonds is 3. The van der Waals surface area contributed by atoms with Gasteiger partial charge in [0, 0.05) is 12.6 Å². The number of ether oxygens (including phenoxy) is 1. The van der Waals surface area contributed by atoms with Crippen LogP contribution in [0.4, 0.5) is 0 Å². The number of hydrogen-bond acceptors (Lipinski definition) is 3. The van der Waals surface area contributed by atoms with Crippen LogP contribution in [0.25, 0.3) is 0 Å². The molecule has 4 heteroatoms. The van der Waals surface area contributed by atoms with Crippen LogP contribution in [0.2, 0.25) is 0 Å². The molecule has 0 aliphatic carbocycles. The van der Waals surface area contributed by atoms with Crippen molar-refractivity contribution in [2.75, 3.05) is 26.2 Å². The molecular weight excluding hydrogens is 248 g/mol. The van der Waals surface area contributed by atoms with Gasteiger partial charge in [0.15, 0.2) is 0 Å². The Labute approximate surface area is 118 Å². The second kappa shape index (κ2) is 7.68. The van der Waals surface area contributed by atoms with E-state index in [-0.39, 0.29) is 12.4 Å². The van der Waals surface area contributed by atoms with Gasteiger partial charge in [-0.3, -0.25) is 5.32 Å². The lowest BCUT2D eigenvalue weighted by Crippen LogP contribution is -2.45. The topological polar surface area (TPSA) is 24.5 Å². The molecule has 108 valence electrons. The molecule has 0 spiro atoms. The first-order valence-corrected chi connectivity index (χ1v) is 7.24. The van der Waals surface area contributed by atoms with Gasteiger partial charge in [-0.2, -0.15) is 0 Å². The van der Waals surface area contributed by atoms with Crippen LogP contribution in [0.3, 0.4) is 0 Å². The van der Waals surface area contributed by atoms with Crippen molar-refractivity contribution in [1.82, 2.24) is 10.2 Å². The molecule has 2 saturated heterocycles. The molecule has 0 saturated carbocycles. The van der Waals surface area contributed by atoms with Crippen molar-refractivity contribution in [2.24, 2.45) is 11.8 Å². The Morgan fingerprint density at radius 1 is 1.28 bits per heavy atom. The van der Waals surface area contributed by atoms with Crippen molar-refractivity contribution < 1.29 is 4.74 Å². The summed E-state index contributed by atoms with van der Waals surface area (Å²) in [5.41, 5.74) is 0. The van der Waals surface area contributed by atoms with E-state index in [2.05, 4.69) is 31.0 Å². The fraction of sp³-hybridized carbons (Fsp3) is 1.00. The van der Waals surface area contributed by atoms with E-state index >= 15 is 0 Å². The molecule has 2 unspecified atom stereocenters. The standard InChI is InChI=1S/C14H28N2O.ClH/c1-11(2)16-6-4-13(5-7-16)8-14-15-9-12(3)10-17-14;/h11-15H,4-10H2,1-3H3;1H. The van der Waals surface area contributed by atoms with Crippen LogP contribution in [0, 0.1) is 11.8 Å². The van der Waals surface area contributed by atoms with Crippen molar-refractivity contribution in [3.8, 4) is 0 Å². The van der Waals surface area contributed by atoms with Crippen molar-refractivity contribution in [3.63, 3.8) is 0 Å². The van der Waals surface area contributed by atoms with E-state index in [1.165, 1.54) is 32.4 Å². The maximum Gasteiger partial charge on any atom is 0.108 e. The number of halogens is 1. The molecule has 0 aromatic carbocycles. The lowest BCUT2D eigenvalue weighted by Gasteiger charge is -2.37. The highest BCUT2D eigenvalue weighted by molar-refractivity contribution is 5.85. The fourth-order valence-electron chi connectivity index (χ4n) is 2.89. The molecule has 2 aliphatic rings. The minimum atomic E-state index is 0. The summed E-state index contributed by atoms with van der Waals surface area (Å²) in [6.45, 7) is 11.4. The minimum Gasteiger partial charge on any atom is -0.363 e. The van der Waals surface area contributed by atoms with Crippen LogP contribution in [0.15, 0.2) is 0 Å². The Morgan fingerprint density at radius 2 is 1.94 bits per heavy atom. The van der Waals surface area contributed by atoms with E-state index < -0.39 is 0 Å². The molecule has 2 fully saturated rings. The fourth-order valence-corrected chi connectivity index (χ4v) is 2.89. The number of nitrogens with zero attached hydrogens (tertiary/aromatic N) is 1. The van der Waals surface area contributed by atoms with Gasteiger partial charge in [0.2, 0.25) is 0 Å². The molecule has 1 N–H and O–H groups in total. The number of likely N-dealkylation sites (tertiary alicyclic amines) is 1. The normalized spacial score (nSPS) is 31.3. The molecule has 3 nitrogen and oxygen atoms in total. The molecule has 2 atom stereocenters. The third kappa shape index (κ3) is 4.69. The summed E-state index contributed by atoms with van der Waals surface area (Å²) in [5.74, 6) is 1.53. The zero-order valence-corrected chi connectivity index (χ0v) is 12.8. The molecule has 2 heterocycles. The van der Waals surface area contributed by atoms with Crippen molar-refractivity contribution in [3.05, 3.63) is 0 Å². The van der Waals surface area contributed by atoms with E-state index in [0.29, 0.717) is 18.2 Å². The Hall–Kier alpha value is 0.170. The van der Waals surface area contributed by atoms with Crippen LogP contribution in [0.1, 0.15) is 40.0 Å². The Kier molecular flexibility index (Phi) is 6.93. The highest BCUT2D eigenvalue weighted by Gasteiger charge is 2.25. The van der Waals surface area contributed by atoms with E-state index in [0.717, 1.165) is 19.1 Å². The second-order valence-corrected chi connectivity index (χ2v) is 6.14. The van der Waals surface area contributed by atoms with E-state index in [1.807, 2.05) is 0 Å². The monoisotopic (exact) mass is 276 g/mol. The molecule has 0 amide bonds. The smallest absolute Gasteiger partial charge is 0.108 e. The van der Waals surface area contributed by atoms with Gasteiger partial charge < -0.3 is 9.64 Å². The molecule has 2 rings (SSSR count). The number of piperidine rings is 1. The molecule has 2 aliphatic heterocycles. The largest absolute Gasteiger partial charge is 0.363 e. The first kappa shape index (κ1) is 16.2. The van der Waals surface area contributed by atoms with Gasteiger partial charge in [-0.1, -0.05) is 6.92 Å². The maximum absolute atomic E-state index is 5.84. The van der Waals surface area contributed by atoms with Gasteiger partial charge in [-0.15, -0.1) is 12.4 Å². The first-order chi connectivity index (χ1) is 8.15. The van der Waals surface area contributed by atoms with Crippen molar-refractivity contribution >= 4 is 12.4 Å². The van der Waals surface area contributed by atoms with E-state index in [1.54, 1.807) is 0 Å². The third-order valence-electron chi connectivity index (χ3n) is 4.20. The predicted molar refractivity (Wildman–Crippen MR) is 78.2 cm³/mol. The Morgan fingerprint density at radius 3 is 2.44 bits per heavy atom. The number of hydrogen-bond donors (Lipinski definition) is 1. The lowest BCUT2D eigenvalue weighted by atomic mass is 9.92. The quantitative estimate of drug-likeness (QED) is 0.857. The zero-order valence-electron chi connectivity index (χ0n) is 12.0. The minimum absolute atomic E-state index is 0. The Balaban J connectivity index is 0.00000162. The van der Waals surface area contributed by atoms with E-state index in [9.17, 15) is 0 Å². The predicted octanol–water partition coefficient (Wildman–Crippen LogP) is 2.50. The van der Waals surface area contributed by atoms with Crippen LogP contribution in [0.5, 0.6) is 0 Å². The van der Waals surface area contributed by atoms with Gasteiger partial charge in [0.1, 0.15) is 6.23 Å². The van der Waals surface area contributed by atoms with Crippen LogP contribution in [-0.4, -0.2) is 43.4 Å². The summed E-state index contributed by atoms with van der Waals surface area (Å²) in [6, 6.07) is 0.709. The summed E-state index contributed by atoms with van der Waals surface area (Å²) in [5, 5.41) is 3.51. The molecule has 18 heavy (non-hydrogen) atoms. The van der Waals surface area contributed by atoms with Crippen molar-refractivity contribution in [1.29, 1.82) is 0 Å². The molecular formula is C14H29ClN2O. The molecule has 0 radical (unpaired) electrons. The van der Waals surface area contributed by atoms with Gasteiger partial charge in [0.25, 0.3) is 0 Å². The number of nitrogens with one attached hydrogen (secondary N) is 1. The zero-order chi connectivity index (χ0) is 12.3. The Bertz CT molecular complexity index is 222. The second-order valence-electron chi connectivity index (χ2n) is 6.14. The average molecular weight is 277 g/mol. The average Bonchev–Trinajstić information content (AvgIpc) is 2.33. The molecule has 0 bridgehead atoms. The maximum atomic E-state index is 5.84. The summed E-state index contributed by atoms with van der Waals surface area (Å²) >= 11 is 0. The highest BCUT2D eigenvalue weighted by atomic mass is 35.5. The molecule has 0 aromatic heterocycles. The first-order valence-electron chi connectivity index (χ1n) is 7.24. The summed E-state index contributed by atoms with van der Waals surface area (Å²) in [7, 11) is 0. The lowest BCUT2D eigenvalue weighted by molar-refractivity contribution is -0.0409.